The molecule has 0 amide bonds. The zero-order valence-electron chi connectivity index (χ0n) is 27.7. The Balaban J connectivity index is 1.10. The largest absolute Gasteiger partial charge is 0.457 e. The fourth-order valence-electron chi connectivity index (χ4n) is 5.82. The summed E-state index contributed by atoms with van der Waals surface area (Å²) in [5.74, 6) is 2.68. The minimum Gasteiger partial charge on any atom is -0.457 e. The van der Waals surface area contributed by atoms with Gasteiger partial charge >= 0.3 is 0 Å². The molecule has 0 spiro atoms. The quantitative estimate of drug-likeness (QED) is 0.116. The molecule has 0 aliphatic carbocycles. The highest BCUT2D eigenvalue weighted by Crippen LogP contribution is 2.36. The van der Waals surface area contributed by atoms with Crippen molar-refractivity contribution in [1.82, 2.24) is 0 Å². The third-order valence-corrected chi connectivity index (χ3v) is 9.08. The van der Waals surface area contributed by atoms with Crippen LogP contribution >= 0.6 is 0 Å². The van der Waals surface area contributed by atoms with Gasteiger partial charge in [0, 0.05) is 33.3 Å². The fraction of sp³-hybridized carbons (Fsp3) is 0.140. The van der Waals surface area contributed by atoms with Crippen molar-refractivity contribution in [3.63, 3.8) is 0 Å². The van der Waals surface area contributed by atoms with E-state index in [9.17, 15) is 4.79 Å². The highest BCUT2D eigenvalue weighted by atomic mass is 16.5. The molecule has 4 N–H and O–H groups in total. The lowest BCUT2D eigenvalue weighted by atomic mass is 9.78. The van der Waals surface area contributed by atoms with Gasteiger partial charge in [0.25, 0.3) is 0 Å². The van der Waals surface area contributed by atoms with Crippen LogP contribution in [0.25, 0.3) is 0 Å². The number of rotatable bonds is 10. The van der Waals surface area contributed by atoms with Crippen LogP contribution in [-0.2, 0) is 10.8 Å². The monoisotopic (exact) mass is 632 g/mol. The van der Waals surface area contributed by atoms with Gasteiger partial charge < -0.3 is 20.9 Å². The number of ether oxygens (including phenoxy) is 2. The van der Waals surface area contributed by atoms with Gasteiger partial charge in [-0.2, -0.15) is 0 Å². The van der Waals surface area contributed by atoms with Gasteiger partial charge in [-0.25, -0.2) is 0 Å². The second-order valence-electron chi connectivity index (χ2n) is 13.1. The molecular weight excluding hydrogens is 592 g/mol. The van der Waals surface area contributed by atoms with E-state index in [2.05, 4.69) is 76.2 Å². The van der Waals surface area contributed by atoms with E-state index in [0.717, 1.165) is 34.0 Å². The zero-order valence-corrected chi connectivity index (χ0v) is 27.7. The van der Waals surface area contributed by atoms with E-state index in [-0.39, 0.29) is 16.6 Å². The molecule has 0 radical (unpaired) electrons. The molecule has 0 heterocycles. The summed E-state index contributed by atoms with van der Waals surface area (Å²) in [6.07, 6.45) is 0. The number of hydrogen-bond donors (Lipinski definition) is 2. The minimum absolute atomic E-state index is 0.0763. The van der Waals surface area contributed by atoms with Crippen molar-refractivity contribution in [1.29, 1.82) is 0 Å². The molecule has 0 aliphatic rings. The Morgan fingerprint density at radius 1 is 0.438 bits per heavy atom. The van der Waals surface area contributed by atoms with Crippen molar-refractivity contribution < 1.29 is 14.3 Å². The average molecular weight is 633 g/mol. The number of anilines is 2. The van der Waals surface area contributed by atoms with E-state index >= 15 is 0 Å². The first kappa shape index (κ1) is 32.1. The van der Waals surface area contributed by atoms with Gasteiger partial charge in [0.15, 0.2) is 5.78 Å². The van der Waals surface area contributed by atoms with Crippen LogP contribution in [0.2, 0.25) is 0 Å². The summed E-state index contributed by atoms with van der Waals surface area (Å²) in [5, 5.41) is 0. The number of ketones is 1. The second kappa shape index (κ2) is 13.1. The molecule has 6 rings (SSSR count). The summed E-state index contributed by atoms with van der Waals surface area (Å²) < 4.78 is 12.4. The molecule has 0 unspecified atom stereocenters. The van der Waals surface area contributed by atoms with Gasteiger partial charge in [0.05, 0.1) is 0 Å². The summed E-state index contributed by atoms with van der Waals surface area (Å²) in [6, 6.07) is 46.5. The van der Waals surface area contributed by atoms with Gasteiger partial charge in [-0.3, -0.25) is 4.79 Å². The number of carbonyl (C=O) groups excluding carboxylic acids is 1. The van der Waals surface area contributed by atoms with E-state index in [4.69, 9.17) is 20.9 Å². The average Bonchev–Trinajstić information content (AvgIpc) is 3.09. The first-order chi connectivity index (χ1) is 23.0. The molecule has 6 aromatic carbocycles. The molecule has 0 bridgehead atoms. The van der Waals surface area contributed by atoms with Crippen LogP contribution in [0.15, 0.2) is 146 Å². The number of carbonyl (C=O) groups is 1. The van der Waals surface area contributed by atoms with Gasteiger partial charge in [-0.1, -0.05) is 76.2 Å². The minimum atomic E-state index is -0.233. The van der Waals surface area contributed by atoms with Crippen LogP contribution < -0.4 is 20.9 Å². The molecule has 5 heteroatoms. The molecular formula is C43H40N2O3. The molecule has 6 aromatic rings. The number of benzene rings is 6. The van der Waals surface area contributed by atoms with Crippen molar-refractivity contribution >= 4 is 17.2 Å². The number of nitrogens with two attached hydrogens (primary N) is 2. The van der Waals surface area contributed by atoms with Gasteiger partial charge in [-0.05, 0) is 119 Å². The van der Waals surface area contributed by atoms with Crippen LogP contribution in [0, 0.1) is 0 Å². The van der Waals surface area contributed by atoms with Crippen molar-refractivity contribution in [2.24, 2.45) is 0 Å². The molecule has 0 aromatic heterocycles. The zero-order chi connectivity index (χ0) is 33.9. The predicted molar refractivity (Wildman–Crippen MR) is 195 cm³/mol. The molecule has 0 atom stereocenters. The predicted octanol–water partition coefficient (Wildman–Crippen LogP) is 10.3. The lowest BCUT2D eigenvalue weighted by Crippen LogP contribution is -2.18. The van der Waals surface area contributed by atoms with Crippen molar-refractivity contribution in [2.45, 2.75) is 38.5 Å². The van der Waals surface area contributed by atoms with E-state index in [1.54, 1.807) is 24.3 Å². The molecule has 0 aliphatic heterocycles. The van der Waals surface area contributed by atoms with Gasteiger partial charge in [0.1, 0.15) is 23.0 Å². The third-order valence-electron chi connectivity index (χ3n) is 9.08. The van der Waals surface area contributed by atoms with Crippen LogP contribution in [0.3, 0.4) is 0 Å². The third kappa shape index (κ3) is 6.96. The Hall–Kier alpha value is -5.81. The standard InChI is InChI=1S/C43H40N2O3/c1-42(2,31-15-19-35(44)20-16-31)33-7-5-9-39(27-33)47-37-23-11-29(12-24-37)41(46)30-13-25-38(26-14-30)48-40-10-6-8-34(28-40)43(3,4)32-17-21-36(45)22-18-32/h5-28H,44-45H2,1-4H3. The second-order valence-corrected chi connectivity index (χ2v) is 13.1. The maximum atomic E-state index is 13.3. The highest BCUT2D eigenvalue weighted by molar-refractivity contribution is 6.09. The molecule has 240 valence electrons. The van der Waals surface area contributed by atoms with Gasteiger partial charge in [-0.15, -0.1) is 0 Å². The Labute approximate surface area is 282 Å². The van der Waals surface area contributed by atoms with Crippen LogP contribution in [-0.4, -0.2) is 5.78 Å². The lowest BCUT2D eigenvalue weighted by Gasteiger charge is -2.26. The molecule has 0 saturated heterocycles. The Bertz CT molecular complexity index is 1880. The van der Waals surface area contributed by atoms with E-state index in [1.165, 1.54) is 11.1 Å². The van der Waals surface area contributed by atoms with E-state index in [0.29, 0.717) is 22.6 Å². The summed E-state index contributed by atoms with van der Waals surface area (Å²) >= 11 is 0. The summed E-state index contributed by atoms with van der Waals surface area (Å²) in [5.41, 5.74) is 18.5. The van der Waals surface area contributed by atoms with E-state index < -0.39 is 0 Å². The normalized spacial score (nSPS) is 11.6. The first-order valence-corrected chi connectivity index (χ1v) is 16.0. The van der Waals surface area contributed by atoms with Crippen LogP contribution in [0.4, 0.5) is 11.4 Å². The smallest absolute Gasteiger partial charge is 0.193 e. The van der Waals surface area contributed by atoms with Crippen LogP contribution in [0.1, 0.15) is 65.9 Å². The Morgan fingerprint density at radius 2 is 0.792 bits per heavy atom. The lowest BCUT2D eigenvalue weighted by molar-refractivity contribution is 0.103. The van der Waals surface area contributed by atoms with Crippen molar-refractivity contribution in [2.75, 3.05) is 11.5 Å². The molecule has 0 saturated carbocycles. The number of hydrogen-bond acceptors (Lipinski definition) is 5. The SMILES string of the molecule is CC(C)(c1ccc(N)cc1)c1cccc(Oc2ccc(C(=O)c3ccc(Oc4cccc(C(C)(C)c5ccc(N)cc5)c4)cc3)cc2)c1. The summed E-state index contributed by atoms with van der Waals surface area (Å²) in [6.45, 7) is 8.72. The van der Waals surface area contributed by atoms with Crippen LogP contribution in [0.5, 0.6) is 23.0 Å². The van der Waals surface area contributed by atoms with Crippen molar-refractivity contribution in [3.05, 3.63) is 179 Å². The summed E-state index contributed by atoms with van der Waals surface area (Å²) in [7, 11) is 0. The summed E-state index contributed by atoms with van der Waals surface area (Å²) in [4.78, 5) is 13.3. The topological polar surface area (TPSA) is 87.6 Å². The maximum Gasteiger partial charge on any atom is 0.193 e. The van der Waals surface area contributed by atoms with Gasteiger partial charge in [0.2, 0.25) is 0 Å². The number of nitrogen functional groups attached to an aromatic ring is 2. The Kier molecular flexibility index (Phi) is 8.79. The first-order valence-electron chi connectivity index (χ1n) is 16.0. The molecule has 0 fully saturated rings. The Morgan fingerprint density at radius 3 is 1.15 bits per heavy atom. The van der Waals surface area contributed by atoms with Crippen molar-refractivity contribution in [3.8, 4) is 23.0 Å². The highest BCUT2D eigenvalue weighted by Gasteiger charge is 2.25. The molecule has 48 heavy (non-hydrogen) atoms. The molecule has 5 nitrogen and oxygen atoms in total. The fourth-order valence-corrected chi connectivity index (χ4v) is 5.82. The van der Waals surface area contributed by atoms with E-state index in [1.807, 2.05) is 72.8 Å². The maximum absolute atomic E-state index is 13.3.